The molecule has 18 heavy (non-hydrogen) atoms. The molecule has 0 bridgehead atoms. The SMILES string of the molecule is c1ccc(CNCc2noc3ccccc23)cc1. The van der Waals surface area contributed by atoms with E-state index >= 15 is 0 Å². The smallest absolute Gasteiger partial charge is 0.167 e. The third kappa shape index (κ3) is 2.26. The zero-order chi connectivity index (χ0) is 12.2. The molecule has 0 spiro atoms. The van der Waals surface area contributed by atoms with Crippen molar-refractivity contribution in [3.05, 3.63) is 65.9 Å². The molecule has 3 rings (SSSR count). The lowest BCUT2D eigenvalue weighted by atomic mass is 10.2. The van der Waals surface area contributed by atoms with Gasteiger partial charge in [-0.3, -0.25) is 0 Å². The van der Waals surface area contributed by atoms with Crippen LogP contribution in [0.25, 0.3) is 11.0 Å². The molecule has 3 heteroatoms. The number of para-hydroxylation sites is 1. The van der Waals surface area contributed by atoms with Gasteiger partial charge in [0.1, 0.15) is 5.69 Å². The third-order valence-corrected chi connectivity index (χ3v) is 2.92. The van der Waals surface area contributed by atoms with Crippen molar-refractivity contribution in [1.82, 2.24) is 10.5 Å². The lowest BCUT2D eigenvalue weighted by Gasteiger charge is -2.02. The average molecular weight is 238 g/mol. The quantitative estimate of drug-likeness (QED) is 0.759. The van der Waals surface area contributed by atoms with Crippen molar-refractivity contribution in [2.45, 2.75) is 13.1 Å². The number of hydrogen-bond acceptors (Lipinski definition) is 3. The van der Waals surface area contributed by atoms with Gasteiger partial charge in [-0.15, -0.1) is 0 Å². The number of fused-ring (bicyclic) bond motifs is 1. The Hall–Kier alpha value is -2.13. The molecule has 3 aromatic rings. The van der Waals surface area contributed by atoms with Crippen LogP contribution >= 0.6 is 0 Å². The number of nitrogens with zero attached hydrogens (tertiary/aromatic N) is 1. The molecule has 1 aromatic heterocycles. The number of nitrogens with one attached hydrogen (secondary N) is 1. The molecule has 3 nitrogen and oxygen atoms in total. The van der Waals surface area contributed by atoms with Crippen LogP contribution in [0.5, 0.6) is 0 Å². The van der Waals surface area contributed by atoms with E-state index < -0.39 is 0 Å². The second-order valence-electron chi connectivity index (χ2n) is 4.21. The lowest BCUT2D eigenvalue weighted by molar-refractivity contribution is 0.441. The van der Waals surface area contributed by atoms with Gasteiger partial charge in [-0.25, -0.2) is 0 Å². The van der Waals surface area contributed by atoms with Gasteiger partial charge in [0.05, 0.1) is 0 Å². The topological polar surface area (TPSA) is 38.1 Å². The van der Waals surface area contributed by atoms with E-state index in [1.807, 2.05) is 42.5 Å². The van der Waals surface area contributed by atoms with Gasteiger partial charge >= 0.3 is 0 Å². The Kier molecular flexibility index (Phi) is 3.07. The summed E-state index contributed by atoms with van der Waals surface area (Å²) in [5.41, 5.74) is 3.07. The molecule has 0 fully saturated rings. The van der Waals surface area contributed by atoms with Crippen molar-refractivity contribution < 1.29 is 4.52 Å². The van der Waals surface area contributed by atoms with E-state index in [1.165, 1.54) is 5.56 Å². The van der Waals surface area contributed by atoms with Crippen molar-refractivity contribution in [3.63, 3.8) is 0 Å². The maximum atomic E-state index is 5.26. The summed E-state index contributed by atoms with van der Waals surface area (Å²) in [5.74, 6) is 0. The first-order chi connectivity index (χ1) is 8.93. The van der Waals surface area contributed by atoms with Crippen LogP contribution in [0, 0.1) is 0 Å². The van der Waals surface area contributed by atoms with Crippen LogP contribution in [0.1, 0.15) is 11.3 Å². The van der Waals surface area contributed by atoms with E-state index in [4.69, 9.17) is 4.52 Å². The molecule has 1 heterocycles. The van der Waals surface area contributed by atoms with Gasteiger partial charge in [-0.05, 0) is 17.7 Å². The van der Waals surface area contributed by atoms with Crippen LogP contribution < -0.4 is 5.32 Å². The van der Waals surface area contributed by atoms with E-state index in [-0.39, 0.29) is 0 Å². The summed E-state index contributed by atoms with van der Waals surface area (Å²) in [6.45, 7) is 1.55. The van der Waals surface area contributed by atoms with E-state index in [2.05, 4.69) is 22.6 Å². The average Bonchev–Trinajstić information content (AvgIpc) is 2.84. The van der Waals surface area contributed by atoms with E-state index in [0.717, 1.165) is 23.2 Å². The molecule has 0 unspecified atom stereocenters. The summed E-state index contributed by atoms with van der Waals surface area (Å²) in [5, 5.41) is 8.54. The Bertz CT molecular complexity index is 631. The Morgan fingerprint density at radius 1 is 0.889 bits per heavy atom. The Labute approximate surface area is 105 Å². The van der Waals surface area contributed by atoms with Crippen molar-refractivity contribution in [1.29, 1.82) is 0 Å². The fourth-order valence-corrected chi connectivity index (χ4v) is 1.99. The summed E-state index contributed by atoms with van der Waals surface area (Å²) < 4.78 is 5.26. The normalized spacial score (nSPS) is 10.9. The maximum Gasteiger partial charge on any atom is 0.167 e. The summed E-state index contributed by atoms with van der Waals surface area (Å²) >= 11 is 0. The Morgan fingerprint density at radius 2 is 1.67 bits per heavy atom. The molecule has 1 N–H and O–H groups in total. The van der Waals surface area contributed by atoms with Crippen molar-refractivity contribution in [3.8, 4) is 0 Å². The van der Waals surface area contributed by atoms with Crippen molar-refractivity contribution in [2.24, 2.45) is 0 Å². The summed E-state index contributed by atoms with van der Waals surface area (Å²) in [6, 6.07) is 18.2. The highest BCUT2D eigenvalue weighted by Gasteiger charge is 2.06. The van der Waals surface area contributed by atoms with E-state index in [1.54, 1.807) is 0 Å². The Balaban J connectivity index is 1.67. The largest absolute Gasteiger partial charge is 0.356 e. The second kappa shape index (κ2) is 5.02. The van der Waals surface area contributed by atoms with Gasteiger partial charge in [-0.2, -0.15) is 0 Å². The van der Waals surface area contributed by atoms with Gasteiger partial charge in [-0.1, -0.05) is 47.6 Å². The van der Waals surface area contributed by atoms with Gasteiger partial charge in [0, 0.05) is 18.5 Å². The minimum absolute atomic E-state index is 0.714. The number of rotatable bonds is 4. The van der Waals surface area contributed by atoms with Crippen LogP contribution in [-0.4, -0.2) is 5.16 Å². The van der Waals surface area contributed by atoms with Crippen LogP contribution in [-0.2, 0) is 13.1 Å². The predicted molar refractivity (Wildman–Crippen MR) is 71.0 cm³/mol. The minimum Gasteiger partial charge on any atom is -0.356 e. The molecule has 0 saturated carbocycles. The molecule has 0 atom stereocenters. The summed E-state index contributed by atoms with van der Waals surface area (Å²) in [4.78, 5) is 0. The van der Waals surface area contributed by atoms with E-state index in [0.29, 0.717) is 6.54 Å². The van der Waals surface area contributed by atoms with Crippen LogP contribution in [0.15, 0.2) is 59.1 Å². The van der Waals surface area contributed by atoms with Gasteiger partial charge < -0.3 is 9.84 Å². The number of hydrogen-bond donors (Lipinski definition) is 1. The van der Waals surface area contributed by atoms with Crippen LogP contribution in [0.2, 0.25) is 0 Å². The molecule has 0 saturated heterocycles. The zero-order valence-corrected chi connectivity index (χ0v) is 9.97. The molecular formula is C15H14N2O. The molecule has 0 aliphatic carbocycles. The molecule has 0 aliphatic rings. The highest BCUT2D eigenvalue weighted by Crippen LogP contribution is 2.17. The maximum absolute atomic E-state index is 5.26. The standard InChI is InChI=1S/C15H14N2O/c1-2-6-12(7-3-1)10-16-11-14-13-8-4-5-9-15(13)18-17-14/h1-9,16H,10-11H2. The number of aromatic nitrogens is 1. The number of benzene rings is 2. The van der Waals surface area contributed by atoms with Crippen molar-refractivity contribution >= 4 is 11.0 Å². The van der Waals surface area contributed by atoms with Crippen molar-refractivity contribution in [2.75, 3.05) is 0 Å². The fourth-order valence-electron chi connectivity index (χ4n) is 1.99. The first-order valence-electron chi connectivity index (χ1n) is 6.01. The monoisotopic (exact) mass is 238 g/mol. The molecule has 90 valence electrons. The van der Waals surface area contributed by atoms with E-state index in [9.17, 15) is 0 Å². The van der Waals surface area contributed by atoms with Gasteiger partial charge in [0.25, 0.3) is 0 Å². The fraction of sp³-hybridized carbons (Fsp3) is 0.133. The van der Waals surface area contributed by atoms with Gasteiger partial charge in [0.2, 0.25) is 0 Å². The zero-order valence-electron chi connectivity index (χ0n) is 9.97. The lowest BCUT2D eigenvalue weighted by Crippen LogP contribution is -2.12. The third-order valence-electron chi connectivity index (χ3n) is 2.92. The minimum atomic E-state index is 0.714. The first kappa shape index (κ1) is 11.0. The molecular weight excluding hydrogens is 224 g/mol. The summed E-state index contributed by atoms with van der Waals surface area (Å²) in [7, 11) is 0. The summed E-state index contributed by atoms with van der Waals surface area (Å²) in [6.07, 6.45) is 0. The highest BCUT2D eigenvalue weighted by molar-refractivity contribution is 5.79. The highest BCUT2D eigenvalue weighted by atomic mass is 16.5. The van der Waals surface area contributed by atoms with Gasteiger partial charge in [0.15, 0.2) is 5.58 Å². The molecule has 0 aliphatic heterocycles. The Morgan fingerprint density at radius 3 is 2.56 bits per heavy atom. The predicted octanol–water partition coefficient (Wildman–Crippen LogP) is 3.12. The molecule has 2 aromatic carbocycles. The van der Waals surface area contributed by atoms with Crippen LogP contribution in [0.3, 0.4) is 0 Å². The molecule has 0 radical (unpaired) electrons. The molecule has 0 amide bonds. The first-order valence-corrected chi connectivity index (χ1v) is 6.01. The van der Waals surface area contributed by atoms with Crippen LogP contribution in [0.4, 0.5) is 0 Å². The second-order valence-corrected chi connectivity index (χ2v) is 4.21.